The molecule has 0 atom stereocenters. The first-order chi connectivity index (χ1) is 8.97. The molecule has 1 aromatic carbocycles. The molecule has 3 N–H and O–H groups in total. The maximum Gasteiger partial charge on any atom is 0.359 e. The second kappa shape index (κ2) is 4.90. The average Bonchev–Trinajstić information content (AvgIpc) is 2.40. The van der Waals surface area contributed by atoms with Crippen LogP contribution in [-0.2, 0) is 19.6 Å². The zero-order valence-electron chi connectivity index (χ0n) is 9.66. The number of nitrogens with one attached hydrogen (secondary N) is 1. The van der Waals surface area contributed by atoms with Crippen molar-refractivity contribution < 1.29 is 28.2 Å². The highest BCUT2D eigenvalue weighted by Crippen LogP contribution is 2.28. The van der Waals surface area contributed by atoms with E-state index in [0.29, 0.717) is 0 Å². The zero-order chi connectivity index (χ0) is 14.0. The number of hydrogen-bond acceptors (Lipinski definition) is 6. The molecule has 0 radical (unpaired) electrons. The maximum absolute atomic E-state index is 11.9. The molecule has 1 aliphatic heterocycles. The zero-order valence-corrected chi connectivity index (χ0v) is 10.5. The summed E-state index contributed by atoms with van der Waals surface area (Å²) in [6.45, 7) is -0.692. The van der Waals surface area contributed by atoms with E-state index in [4.69, 9.17) is 5.11 Å². The minimum Gasteiger partial charge on any atom is -0.505 e. The van der Waals surface area contributed by atoms with Crippen LogP contribution in [0.2, 0.25) is 0 Å². The lowest BCUT2D eigenvalue weighted by Gasteiger charge is -2.20. The molecule has 1 aliphatic rings. The molecule has 7 nitrogen and oxygen atoms in total. The molecular formula is C11H11NO6S. The van der Waals surface area contributed by atoms with Gasteiger partial charge in [0.15, 0.2) is 11.5 Å². The summed E-state index contributed by atoms with van der Waals surface area (Å²) in [5.41, 5.74) is -0.538. The summed E-state index contributed by atoms with van der Waals surface area (Å²) in [6.07, 6.45) is 0. The van der Waals surface area contributed by atoms with Crippen LogP contribution in [-0.4, -0.2) is 37.8 Å². The highest BCUT2D eigenvalue weighted by Gasteiger charge is 2.33. The second-order valence-electron chi connectivity index (χ2n) is 3.68. The highest BCUT2D eigenvalue weighted by molar-refractivity contribution is 7.89. The van der Waals surface area contributed by atoms with Crippen molar-refractivity contribution in [1.29, 1.82) is 0 Å². The largest absolute Gasteiger partial charge is 0.505 e. The van der Waals surface area contributed by atoms with Crippen LogP contribution in [0.1, 0.15) is 5.56 Å². The Morgan fingerprint density at radius 1 is 1.32 bits per heavy atom. The third kappa shape index (κ3) is 2.40. The number of sulfonamides is 1. The summed E-state index contributed by atoms with van der Waals surface area (Å²) < 4.78 is 30.3. The first kappa shape index (κ1) is 13.4. The molecule has 102 valence electrons. The van der Waals surface area contributed by atoms with E-state index in [0.717, 1.165) is 0 Å². The lowest BCUT2D eigenvalue weighted by molar-refractivity contribution is -0.140. The van der Waals surface area contributed by atoms with Crippen molar-refractivity contribution in [2.45, 2.75) is 4.90 Å². The monoisotopic (exact) mass is 285 g/mol. The molecule has 0 saturated carbocycles. The van der Waals surface area contributed by atoms with E-state index in [1.165, 1.54) is 24.3 Å². The van der Waals surface area contributed by atoms with E-state index < -0.39 is 34.1 Å². The van der Waals surface area contributed by atoms with Gasteiger partial charge in [-0.25, -0.2) is 13.2 Å². The number of ether oxygens (including phenoxy) is 1. The lowest BCUT2D eigenvalue weighted by Crippen LogP contribution is -2.34. The molecule has 0 saturated heterocycles. The van der Waals surface area contributed by atoms with Crippen LogP contribution in [0.25, 0.3) is 5.76 Å². The van der Waals surface area contributed by atoms with E-state index in [9.17, 15) is 18.3 Å². The first-order valence-corrected chi connectivity index (χ1v) is 6.79. The molecular weight excluding hydrogens is 274 g/mol. The van der Waals surface area contributed by atoms with Crippen LogP contribution in [0.15, 0.2) is 34.9 Å². The minimum atomic E-state index is -3.93. The Bertz CT molecular complexity index is 649. The molecule has 8 heteroatoms. The normalized spacial score (nSPS) is 16.5. The van der Waals surface area contributed by atoms with Crippen LogP contribution in [0.4, 0.5) is 0 Å². The van der Waals surface area contributed by atoms with Gasteiger partial charge >= 0.3 is 5.97 Å². The number of carbonyl (C=O) groups excluding carboxylic acids is 1. The fraction of sp³-hybridized carbons (Fsp3) is 0.182. The molecule has 1 aromatic rings. The smallest absolute Gasteiger partial charge is 0.359 e. The summed E-state index contributed by atoms with van der Waals surface area (Å²) in [7, 11) is -3.93. The number of esters is 1. The number of aliphatic hydroxyl groups is 2. The van der Waals surface area contributed by atoms with E-state index in [1.54, 1.807) is 0 Å². The second-order valence-corrected chi connectivity index (χ2v) is 5.34. The van der Waals surface area contributed by atoms with Crippen molar-refractivity contribution in [2.75, 3.05) is 13.2 Å². The Morgan fingerprint density at radius 3 is 2.68 bits per heavy atom. The van der Waals surface area contributed by atoms with Gasteiger partial charge in [0.1, 0.15) is 6.61 Å². The van der Waals surface area contributed by atoms with Gasteiger partial charge in [0.25, 0.3) is 10.0 Å². The fourth-order valence-corrected chi connectivity index (χ4v) is 2.89. The molecule has 0 fully saturated rings. The Balaban J connectivity index is 2.50. The van der Waals surface area contributed by atoms with Gasteiger partial charge in [-0.1, -0.05) is 12.1 Å². The van der Waals surface area contributed by atoms with Crippen molar-refractivity contribution >= 4 is 21.8 Å². The van der Waals surface area contributed by atoms with Crippen molar-refractivity contribution in [3.05, 3.63) is 35.5 Å². The molecule has 1 heterocycles. The first-order valence-electron chi connectivity index (χ1n) is 5.31. The van der Waals surface area contributed by atoms with Crippen LogP contribution >= 0.6 is 0 Å². The number of benzene rings is 1. The average molecular weight is 285 g/mol. The van der Waals surface area contributed by atoms with Gasteiger partial charge in [-0.2, -0.15) is 0 Å². The summed E-state index contributed by atoms with van der Waals surface area (Å²) in [5.74, 6) is -1.56. The summed E-state index contributed by atoms with van der Waals surface area (Å²) in [6, 6.07) is 5.72. The molecule has 0 amide bonds. The number of fused-ring (bicyclic) bond motifs is 1. The SMILES string of the molecule is O=C(OCCO)C1=C(O)c2ccccc2S(=O)(=O)N1. The number of aliphatic hydroxyl groups excluding tert-OH is 2. The molecule has 0 aromatic heterocycles. The van der Waals surface area contributed by atoms with Gasteiger partial charge in [0, 0.05) is 5.56 Å². The van der Waals surface area contributed by atoms with Crippen molar-refractivity contribution in [1.82, 2.24) is 4.72 Å². The lowest BCUT2D eigenvalue weighted by atomic mass is 10.1. The Morgan fingerprint density at radius 2 is 2.00 bits per heavy atom. The Hall–Kier alpha value is -2.06. The molecule has 0 spiro atoms. The van der Waals surface area contributed by atoms with Gasteiger partial charge in [-0.15, -0.1) is 0 Å². The van der Waals surface area contributed by atoms with Gasteiger partial charge in [-0.3, -0.25) is 4.72 Å². The quantitative estimate of drug-likeness (QED) is 0.659. The van der Waals surface area contributed by atoms with Crippen molar-refractivity contribution in [3.63, 3.8) is 0 Å². The fourth-order valence-electron chi connectivity index (χ4n) is 1.62. The molecule has 0 aliphatic carbocycles. The number of carbonyl (C=O) groups is 1. The van der Waals surface area contributed by atoms with Crippen LogP contribution in [0.3, 0.4) is 0 Å². The Labute approximate surface area is 109 Å². The van der Waals surface area contributed by atoms with Crippen LogP contribution < -0.4 is 4.72 Å². The van der Waals surface area contributed by atoms with E-state index in [-0.39, 0.29) is 17.1 Å². The molecule has 2 rings (SSSR count). The highest BCUT2D eigenvalue weighted by atomic mass is 32.2. The van der Waals surface area contributed by atoms with Gasteiger partial charge in [-0.05, 0) is 12.1 Å². The summed E-state index contributed by atoms with van der Waals surface area (Å²) in [4.78, 5) is 11.5. The van der Waals surface area contributed by atoms with Crippen LogP contribution in [0.5, 0.6) is 0 Å². The van der Waals surface area contributed by atoms with E-state index >= 15 is 0 Å². The molecule has 0 unspecified atom stereocenters. The third-order valence-corrected chi connectivity index (χ3v) is 3.84. The summed E-state index contributed by atoms with van der Waals surface area (Å²) >= 11 is 0. The topological polar surface area (TPSA) is 113 Å². The van der Waals surface area contributed by atoms with Gasteiger partial charge in [0.2, 0.25) is 0 Å². The third-order valence-electron chi connectivity index (χ3n) is 2.43. The standard InChI is InChI=1S/C11H11NO6S/c13-5-6-18-11(15)9-10(14)7-3-1-2-4-8(7)19(16,17)12-9/h1-4,12-14H,5-6H2. The van der Waals surface area contributed by atoms with Crippen LogP contribution in [0, 0.1) is 0 Å². The number of hydrogen-bond donors (Lipinski definition) is 3. The predicted octanol–water partition coefficient (Wildman–Crippen LogP) is -0.259. The van der Waals surface area contributed by atoms with Crippen molar-refractivity contribution in [3.8, 4) is 0 Å². The van der Waals surface area contributed by atoms with Gasteiger partial charge in [0.05, 0.1) is 11.5 Å². The maximum atomic E-state index is 11.9. The molecule has 19 heavy (non-hydrogen) atoms. The Kier molecular flexibility index (Phi) is 3.45. The van der Waals surface area contributed by atoms with Crippen molar-refractivity contribution in [2.24, 2.45) is 0 Å². The molecule has 0 bridgehead atoms. The minimum absolute atomic E-state index is 0.0252. The van der Waals surface area contributed by atoms with Gasteiger partial charge < -0.3 is 14.9 Å². The predicted molar refractivity (Wildman–Crippen MR) is 64.4 cm³/mol. The van der Waals surface area contributed by atoms with E-state index in [1.807, 2.05) is 4.72 Å². The number of rotatable bonds is 3. The van der Waals surface area contributed by atoms with E-state index in [2.05, 4.69) is 4.74 Å². The summed E-state index contributed by atoms with van der Waals surface area (Å²) in [5, 5.41) is 18.5.